The van der Waals surface area contributed by atoms with E-state index in [2.05, 4.69) is 15.0 Å². The highest BCUT2D eigenvalue weighted by atomic mass is 19.3. The number of alkyl halides is 2. The molecule has 12 heteroatoms. The molecular formula is C24H27F2N5O5. The topological polar surface area (TPSA) is 128 Å². The lowest BCUT2D eigenvalue weighted by Gasteiger charge is -2.33. The van der Waals surface area contributed by atoms with Crippen molar-refractivity contribution in [1.29, 1.82) is 5.41 Å². The van der Waals surface area contributed by atoms with Gasteiger partial charge in [0.2, 0.25) is 5.88 Å². The summed E-state index contributed by atoms with van der Waals surface area (Å²) in [6.07, 6.45) is 2.69. The number of hydrogen-bond donors (Lipinski definition) is 3. The van der Waals surface area contributed by atoms with Crippen molar-refractivity contribution < 1.29 is 33.0 Å². The van der Waals surface area contributed by atoms with E-state index in [1.165, 1.54) is 42.4 Å². The van der Waals surface area contributed by atoms with Crippen LogP contribution in [0.4, 0.5) is 19.3 Å². The number of aliphatic hydroxyl groups excluding tert-OH is 1. The van der Waals surface area contributed by atoms with E-state index in [4.69, 9.17) is 15.3 Å². The number of rotatable bonds is 10. The minimum atomic E-state index is -3.05. The van der Waals surface area contributed by atoms with Gasteiger partial charge in [0.05, 0.1) is 12.2 Å². The van der Waals surface area contributed by atoms with Crippen LogP contribution in [0.25, 0.3) is 11.1 Å². The Morgan fingerprint density at radius 2 is 2.03 bits per heavy atom. The van der Waals surface area contributed by atoms with Gasteiger partial charge in [0.1, 0.15) is 5.75 Å². The van der Waals surface area contributed by atoms with Crippen molar-refractivity contribution in [3.8, 4) is 16.9 Å². The van der Waals surface area contributed by atoms with Crippen molar-refractivity contribution >= 4 is 23.8 Å². The zero-order chi connectivity index (χ0) is 26.1. The smallest absolute Gasteiger partial charge is 0.416 e. The van der Waals surface area contributed by atoms with Crippen molar-refractivity contribution in [2.24, 2.45) is 0 Å². The summed E-state index contributed by atoms with van der Waals surface area (Å²) < 4.78 is 36.0. The van der Waals surface area contributed by atoms with Crippen molar-refractivity contribution in [3.63, 3.8) is 0 Å². The highest BCUT2D eigenvalue weighted by molar-refractivity contribution is 6.13. The van der Waals surface area contributed by atoms with Gasteiger partial charge < -0.3 is 30.2 Å². The minimum Gasteiger partial charge on any atom is -0.434 e. The van der Waals surface area contributed by atoms with Crippen molar-refractivity contribution in [2.45, 2.75) is 13.5 Å². The fraction of sp³-hybridized carbons (Fsp3) is 0.333. The molecule has 0 bridgehead atoms. The highest BCUT2D eigenvalue weighted by Gasteiger charge is 2.25. The lowest BCUT2D eigenvalue weighted by molar-refractivity contribution is -0.104. The standard InChI is InChI=1S/C24H27F2N5O5/c1-16(27)20(15-33)22(36-24(34)31-9-7-30(8-10-31)11-12-32)29-18-4-5-21(35-23(25)26)19(13-18)17-3-2-6-28-14-17/h2-6,13-15,23,27,29,32H,7-12H2,1H3/b22-20+,27-16?. The number of ether oxygens (including phenoxy) is 2. The van der Waals surface area contributed by atoms with Crippen LogP contribution in [0.5, 0.6) is 5.75 Å². The Balaban J connectivity index is 1.88. The largest absolute Gasteiger partial charge is 0.434 e. The Bertz CT molecular complexity index is 1110. The Labute approximate surface area is 206 Å². The molecule has 192 valence electrons. The van der Waals surface area contributed by atoms with E-state index < -0.39 is 12.7 Å². The molecule has 0 atom stereocenters. The first-order chi connectivity index (χ1) is 17.3. The molecular weight excluding hydrogens is 476 g/mol. The third-order valence-electron chi connectivity index (χ3n) is 5.43. The number of nitrogens with one attached hydrogen (secondary N) is 2. The molecule has 1 aliphatic rings. The van der Waals surface area contributed by atoms with E-state index in [9.17, 15) is 18.4 Å². The van der Waals surface area contributed by atoms with E-state index in [0.29, 0.717) is 55.8 Å². The van der Waals surface area contributed by atoms with Crippen molar-refractivity contribution in [3.05, 3.63) is 54.2 Å². The summed E-state index contributed by atoms with van der Waals surface area (Å²) in [5.74, 6) is -0.356. The average Bonchev–Trinajstić information content (AvgIpc) is 2.86. The Morgan fingerprint density at radius 3 is 2.61 bits per heavy atom. The summed E-state index contributed by atoms with van der Waals surface area (Å²) in [5, 5.41) is 19.8. The molecule has 3 N–H and O–H groups in total. The first-order valence-corrected chi connectivity index (χ1v) is 11.1. The number of carbonyl (C=O) groups is 2. The van der Waals surface area contributed by atoms with Crippen LogP contribution in [-0.2, 0) is 9.53 Å². The number of aromatic nitrogens is 1. The van der Waals surface area contributed by atoms with E-state index in [1.54, 1.807) is 12.1 Å². The molecule has 2 heterocycles. The van der Waals surface area contributed by atoms with Crippen LogP contribution in [0.1, 0.15) is 6.92 Å². The number of pyridine rings is 1. The van der Waals surface area contributed by atoms with Gasteiger partial charge in [-0.2, -0.15) is 8.78 Å². The van der Waals surface area contributed by atoms with Gasteiger partial charge in [-0.1, -0.05) is 6.07 Å². The monoisotopic (exact) mass is 503 g/mol. The van der Waals surface area contributed by atoms with Crippen LogP contribution in [-0.4, -0.2) is 83.9 Å². The van der Waals surface area contributed by atoms with E-state index in [-0.39, 0.29) is 29.5 Å². The van der Waals surface area contributed by atoms with Crippen LogP contribution in [0.2, 0.25) is 0 Å². The van der Waals surface area contributed by atoms with Crippen LogP contribution in [0.15, 0.2) is 54.2 Å². The number of aldehydes is 1. The number of amides is 1. The normalized spacial score (nSPS) is 14.8. The summed E-state index contributed by atoms with van der Waals surface area (Å²) in [7, 11) is 0. The van der Waals surface area contributed by atoms with Gasteiger partial charge in [0.15, 0.2) is 6.29 Å². The van der Waals surface area contributed by atoms with Gasteiger partial charge in [0.25, 0.3) is 0 Å². The summed E-state index contributed by atoms with van der Waals surface area (Å²) in [5.41, 5.74) is 0.764. The molecule has 0 saturated carbocycles. The second-order valence-corrected chi connectivity index (χ2v) is 7.86. The molecule has 1 saturated heterocycles. The van der Waals surface area contributed by atoms with Gasteiger partial charge in [-0.15, -0.1) is 0 Å². The number of β-amino-alcohol motifs (C(OH)–C–C–N with tert-alkyl or cyclic N) is 1. The lowest BCUT2D eigenvalue weighted by atomic mass is 10.1. The second-order valence-electron chi connectivity index (χ2n) is 7.86. The molecule has 3 rings (SSSR count). The van der Waals surface area contributed by atoms with E-state index in [0.717, 1.165) is 0 Å². The number of benzene rings is 1. The zero-order valence-electron chi connectivity index (χ0n) is 19.6. The molecule has 1 aliphatic heterocycles. The maximum atomic E-state index is 13.0. The maximum absolute atomic E-state index is 13.0. The van der Waals surface area contributed by atoms with Crippen molar-refractivity contribution in [2.75, 3.05) is 44.6 Å². The first kappa shape index (κ1) is 26.7. The average molecular weight is 504 g/mol. The van der Waals surface area contributed by atoms with Crippen LogP contribution in [0, 0.1) is 5.41 Å². The molecule has 1 fully saturated rings. The molecule has 1 amide bonds. The third-order valence-corrected chi connectivity index (χ3v) is 5.43. The second kappa shape index (κ2) is 12.7. The fourth-order valence-electron chi connectivity index (χ4n) is 3.59. The van der Waals surface area contributed by atoms with Crippen LogP contribution < -0.4 is 10.1 Å². The molecule has 36 heavy (non-hydrogen) atoms. The van der Waals surface area contributed by atoms with Crippen LogP contribution >= 0.6 is 0 Å². The van der Waals surface area contributed by atoms with Gasteiger partial charge in [-0.25, -0.2) is 4.79 Å². The zero-order valence-corrected chi connectivity index (χ0v) is 19.6. The summed E-state index contributed by atoms with van der Waals surface area (Å²) in [6.45, 7) is 0.656. The van der Waals surface area contributed by atoms with Crippen molar-refractivity contribution in [1.82, 2.24) is 14.8 Å². The number of carbonyl (C=O) groups excluding carboxylic acids is 2. The highest BCUT2D eigenvalue weighted by Crippen LogP contribution is 2.34. The number of hydrogen-bond acceptors (Lipinski definition) is 9. The number of piperazine rings is 1. The number of nitrogens with zero attached hydrogens (tertiary/aromatic N) is 3. The van der Waals surface area contributed by atoms with Gasteiger partial charge in [0, 0.05) is 67.6 Å². The molecule has 10 nitrogen and oxygen atoms in total. The Kier molecular flexibility index (Phi) is 9.42. The molecule has 0 radical (unpaired) electrons. The summed E-state index contributed by atoms with van der Waals surface area (Å²) in [6, 6.07) is 7.52. The molecule has 0 unspecified atom stereocenters. The molecule has 1 aromatic heterocycles. The summed E-state index contributed by atoms with van der Waals surface area (Å²) >= 11 is 0. The Morgan fingerprint density at radius 1 is 1.28 bits per heavy atom. The van der Waals surface area contributed by atoms with E-state index in [1.807, 2.05) is 4.90 Å². The number of halogens is 2. The number of aliphatic hydroxyl groups is 1. The quantitative estimate of drug-likeness (QED) is 0.195. The third kappa shape index (κ3) is 7.06. The first-order valence-electron chi connectivity index (χ1n) is 11.1. The molecule has 1 aromatic carbocycles. The SMILES string of the molecule is CC(=N)/C(C=O)=C(\Nc1ccc(OC(F)F)c(-c2cccnc2)c1)OC(=O)N1CCN(CCO)CC1. The molecule has 0 spiro atoms. The molecule has 2 aromatic rings. The Hall–Kier alpha value is -3.90. The predicted molar refractivity (Wildman–Crippen MR) is 128 cm³/mol. The van der Waals surface area contributed by atoms with Crippen LogP contribution in [0.3, 0.4) is 0 Å². The predicted octanol–water partition coefficient (Wildman–Crippen LogP) is 2.96. The van der Waals surface area contributed by atoms with Gasteiger partial charge >= 0.3 is 12.7 Å². The van der Waals surface area contributed by atoms with Gasteiger partial charge in [-0.05, 0) is 31.2 Å². The fourth-order valence-corrected chi connectivity index (χ4v) is 3.59. The number of allylic oxidation sites excluding steroid dienone is 1. The van der Waals surface area contributed by atoms with E-state index >= 15 is 0 Å². The molecule has 0 aliphatic carbocycles. The maximum Gasteiger partial charge on any atom is 0.416 e. The lowest BCUT2D eigenvalue weighted by Crippen LogP contribution is -2.49. The van der Waals surface area contributed by atoms with Gasteiger partial charge in [-0.3, -0.25) is 14.7 Å². The number of anilines is 1. The minimum absolute atomic E-state index is 0.0186. The summed E-state index contributed by atoms with van der Waals surface area (Å²) in [4.78, 5) is 32.0.